The number of nitrogens with zero attached hydrogens (tertiary/aromatic N) is 3. The highest BCUT2D eigenvalue weighted by Crippen LogP contribution is 2.39. The minimum atomic E-state index is -0.486. The van der Waals surface area contributed by atoms with E-state index in [1.807, 2.05) is 36.4 Å². The van der Waals surface area contributed by atoms with E-state index in [0.717, 1.165) is 61.2 Å². The van der Waals surface area contributed by atoms with Gasteiger partial charge >= 0.3 is 0 Å². The van der Waals surface area contributed by atoms with E-state index in [0.29, 0.717) is 5.88 Å². The molecule has 0 aliphatic rings. The molecule has 0 aliphatic carbocycles. The van der Waals surface area contributed by atoms with Crippen molar-refractivity contribution in [2.75, 3.05) is 0 Å². The molecule has 0 saturated heterocycles. The molecular weight excluding hydrogens is 474 g/mol. The Morgan fingerprint density at radius 3 is 1.61 bits per heavy atom. The summed E-state index contributed by atoms with van der Waals surface area (Å²) >= 11 is 0. The second-order valence-corrected chi connectivity index (χ2v) is 9.82. The van der Waals surface area contributed by atoms with Crippen molar-refractivity contribution in [2.24, 2.45) is 0 Å². The lowest BCUT2D eigenvalue weighted by Crippen LogP contribution is -2.20. The van der Waals surface area contributed by atoms with E-state index in [-0.39, 0.29) is 12.2 Å². The maximum atomic E-state index is 6.62. The summed E-state index contributed by atoms with van der Waals surface area (Å²) in [6, 6.07) is 18.0. The number of hydrogen-bond donors (Lipinski definition) is 0. The molecule has 0 bridgehead atoms. The molecule has 1 heterocycles. The molecule has 206 valence electrons. The van der Waals surface area contributed by atoms with Gasteiger partial charge in [0.15, 0.2) is 6.10 Å². The third-order valence-electron chi connectivity index (χ3n) is 6.88. The molecule has 0 saturated carbocycles. The Bertz CT molecular complexity index is 983. The molecule has 38 heavy (non-hydrogen) atoms. The largest absolute Gasteiger partial charge is 0.490 e. The van der Waals surface area contributed by atoms with Gasteiger partial charge in [-0.3, -0.25) is 0 Å². The number of aromatic nitrogens is 3. The zero-order valence-corrected chi connectivity index (χ0v) is 23.6. The number of unbranched alkanes of at least 4 members (excludes halogenated alkanes) is 4. The average molecular weight is 520 g/mol. The molecule has 0 radical (unpaired) electrons. The highest BCUT2D eigenvalue weighted by atomic mass is 16.5. The SMILES string of the molecule is CCCCCC(CC)Oc1ccccc1C(Oc1ccnnn1)c1ccccc1OC(CC)CCCCC. The minimum absolute atomic E-state index is 0.151. The van der Waals surface area contributed by atoms with Crippen LogP contribution in [0.1, 0.15) is 109 Å². The van der Waals surface area contributed by atoms with Gasteiger partial charge in [-0.25, -0.2) is 0 Å². The Hall–Kier alpha value is -3.15. The molecule has 2 atom stereocenters. The van der Waals surface area contributed by atoms with Crippen LogP contribution in [0.3, 0.4) is 0 Å². The number of hydrogen-bond acceptors (Lipinski definition) is 6. The normalized spacial score (nSPS) is 13.5. The van der Waals surface area contributed by atoms with E-state index < -0.39 is 6.10 Å². The van der Waals surface area contributed by atoms with Crippen LogP contribution in [-0.2, 0) is 0 Å². The lowest BCUT2D eigenvalue weighted by molar-refractivity contribution is 0.161. The first-order valence-corrected chi connectivity index (χ1v) is 14.5. The van der Waals surface area contributed by atoms with Gasteiger partial charge < -0.3 is 14.2 Å². The van der Waals surface area contributed by atoms with Crippen LogP contribution in [0.4, 0.5) is 0 Å². The molecule has 0 N–H and O–H groups in total. The van der Waals surface area contributed by atoms with Crippen LogP contribution in [-0.4, -0.2) is 27.6 Å². The summed E-state index contributed by atoms with van der Waals surface area (Å²) in [6.07, 6.45) is 12.5. The third kappa shape index (κ3) is 9.00. The van der Waals surface area contributed by atoms with Crippen LogP contribution in [0.15, 0.2) is 60.8 Å². The summed E-state index contributed by atoms with van der Waals surface area (Å²) in [6.45, 7) is 8.83. The predicted molar refractivity (Wildman–Crippen MR) is 153 cm³/mol. The van der Waals surface area contributed by atoms with Gasteiger partial charge in [0.05, 0.1) is 18.4 Å². The number of para-hydroxylation sites is 2. The van der Waals surface area contributed by atoms with Crippen molar-refractivity contribution in [1.29, 1.82) is 0 Å². The summed E-state index contributed by atoms with van der Waals surface area (Å²) in [5, 5.41) is 11.7. The third-order valence-corrected chi connectivity index (χ3v) is 6.88. The Morgan fingerprint density at radius 1 is 0.632 bits per heavy atom. The second-order valence-electron chi connectivity index (χ2n) is 9.82. The molecular formula is C32H45N3O3. The standard InChI is InChI=1S/C32H45N3O3/c1-5-9-11-17-25(7-3)36-29-21-15-13-19-27(29)32(38-31-23-24-33-35-34-31)28-20-14-16-22-30(28)37-26(8-4)18-12-10-6-2/h13-16,19-26,32H,5-12,17-18H2,1-4H3. The van der Waals surface area contributed by atoms with Gasteiger partial charge in [0.25, 0.3) is 0 Å². The first kappa shape index (κ1) is 29.4. The molecule has 2 aromatic carbocycles. The molecule has 3 aromatic rings. The van der Waals surface area contributed by atoms with Crippen LogP contribution < -0.4 is 14.2 Å². The highest BCUT2D eigenvalue weighted by Gasteiger charge is 2.26. The smallest absolute Gasteiger partial charge is 0.237 e. The Labute approximate surface area is 229 Å². The van der Waals surface area contributed by atoms with Gasteiger partial charge in [-0.05, 0) is 55.9 Å². The van der Waals surface area contributed by atoms with Crippen LogP contribution >= 0.6 is 0 Å². The molecule has 2 unspecified atom stereocenters. The van der Waals surface area contributed by atoms with Crippen molar-refractivity contribution in [2.45, 2.75) is 110 Å². The quantitative estimate of drug-likeness (QED) is 0.157. The van der Waals surface area contributed by atoms with Crippen molar-refractivity contribution in [3.8, 4) is 17.4 Å². The molecule has 0 fully saturated rings. The zero-order chi connectivity index (χ0) is 27.0. The topological polar surface area (TPSA) is 66.4 Å². The summed E-state index contributed by atoms with van der Waals surface area (Å²) < 4.78 is 19.8. The highest BCUT2D eigenvalue weighted by molar-refractivity contribution is 5.46. The van der Waals surface area contributed by atoms with Crippen molar-refractivity contribution in [3.63, 3.8) is 0 Å². The molecule has 0 spiro atoms. The van der Waals surface area contributed by atoms with E-state index in [4.69, 9.17) is 14.2 Å². The van der Waals surface area contributed by atoms with E-state index in [2.05, 4.69) is 55.2 Å². The lowest BCUT2D eigenvalue weighted by Gasteiger charge is -2.27. The molecule has 6 heteroatoms. The molecule has 0 aliphatic heterocycles. The first-order valence-electron chi connectivity index (χ1n) is 14.5. The fraction of sp³-hybridized carbons (Fsp3) is 0.531. The Morgan fingerprint density at radius 2 is 1.16 bits per heavy atom. The number of benzene rings is 2. The van der Waals surface area contributed by atoms with Gasteiger partial charge in [-0.1, -0.05) is 94.9 Å². The maximum Gasteiger partial charge on any atom is 0.237 e. The fourth-order valence-corrected chi connectivity index (χ4v) is 4.61. The fourth-order valence-electron chi connectivity index (χ4n) is 4.61. The lowest BCUT2D eigenvalue weighted by atomic mass is 9.98. The second kappa shape index (κ2) is 16.6. The van der Waals surface area contributed by atoms with Gasteiger partial charge in [0.1, 0.15) is 11.5 Å². The minimum Gasteiger partial charge on any atom is -0.490 e. The van der Waals surface area contributed by atoms with Crippen molar-refractivity contribution < 1.29 is 14.2 Å². The van der Waals surface area contributed by atoms with E-state index in [1.54, 1.807) is 12.3 Å². The molecule has 1 aromatic heterocycles. The summed E-state index contributed by atoms with van der Waals surface area (Å²) in [5.41, 5.74) is 1.88. The molecule has 6 nitrogen and oxygen atoms in total. The van der Waals surface area contributed by atoms with E-state index >= 15 is 0 Å². The van der Waals surface area contributed by atoms with Gasteiger partial charge in [0, 0.05) is 17.2 Å². The Kier molecular flexibility index (Phi) is 12.9. The Balaban J connectivity index is 1.97. The maximum absolute atomic E-state index is 6.62. The van der Waals surface area contributed by atoms with Crippen LogP contribution in [0.2, 0.25) is 0 Å². The summed E-state index contributed by atoms with van der Waals surface area (Å²) in [4.78, 5) is 0. The molecule has 0 amide bonds. The summed E-state index contributed by atoms with van der Waals surface area (Å²) in [5.74, 6) is 2.06. The van der Waals surface area contributed by atoms with Gasteiger partial charge in [-0.15, -0.1) is 5.10 Å². The van der Waals surface area contributed by atoms with Gasteiger partial charge in [-0.2, -0.15) is 0 Å². The van der Waals surface area contributed by atoms with Gasteiger partial charge in [0.2, 0.25) is 5.88 Å². The van der Waals surface area contributed by atoms with Crippen molar-refractivity contribution >= 4 is 0 Å². The molecule has 3 rings (SSSR count). The van der Waals surface area contributed by atoms with Crippen LogP contribution in [0.5, 0.6) is 17.4 Å². The average Bonchev–Trinajstić information content (AvgIpc) is 2.96. The number of rotatable bonds is 18. The van der Waals surface area contributed by atoms with Crippen LogP contribution in [0.25, 0.3) is 0 Å². The van der Waals surface area contributed by atoms with Crippen molar-refractivity contribution in [1.82, 2.24) is 15.4 Å². The van der Waals surface area contributed by atoms with E-state index in [9.17, 15) is 0 Å². The zero-order valence-electron chi connectivity index (χ0n) is 23.6. The summed E-state index contributed by atoms with van der Waals surface area (Å²) in [7, 11) is 0. The van der Waals surface area contributed by atoms with Crippen LogP contribution in [0, 0.1) is 0 Å². The predicted octanol–water partition coefficient (Wildman–Crippen LogP) is 8.52. The van der Waals surface area contributed by atoms with Crippen molar-refractivity contribution in [3.05, 3.63) is 71.9 Å². The number of ether oxygens (including phenoxy) is 3. The monoisotopic (exact) mass is 519 g/mol. The first-order chi connectivity index (χ1) is 18.7. The van der Waals surface area contributed by atoms with E-state index in [1.165, 1.54) is 25.7 Å².